The van der Waals surface area contributed by atoms with Crippen molar-refractivity contribution in [2.24, 2.45) is 0 Å². The molecule has 0 aromatic rings. The molecule has 9 heteroatoms. The molecule has 0 saturated carbocycles. The smallest absolute Gasteiger partial charge is 0.462 e. The third-order valence-corrected chi connectivity index (χ3v) is 9.67. The molecular formula is C49H79O8P. The second-order valence-corrected chi connectivity index (χ2v) is 15.4. The average molecular weight is 827 g/mol. The Balaban J connectivity index is 4.15. The Hall–Kier alpha value is -3.29. The maximum absolute atomic E-state index is 12.5. The molecular weight excluding hydrogens is 748 g/mol. The lowest BCUT2D eigenvalue weighted by Crippen LogP contribution is -2.29. The third-order valence-electron chi connectivity index (χ3n) is 8.61. The summed E-state index contributed by atoms with van der Waals surface area (Å²) in [4.78, 5) is 34.7. The highest BCUT2D eigenvalue weighted by Crippen LogP contribution is 2.43. The molecule has 0 aromatic heterocycles. The van der Waals surface area contributed by atoms with Crippen LogP contribution in [0.1, 0.15) is 162 Å². The van der Waals surface area contributed by atoms with E-state index in [0.717, 1.165) is 83.5 Å². The van der Waals surface area contributed by atoms with Crippen molar-refractivity contribution in [1.29, 1.82) is 0 Å². The molecule has 2 unspecified atom stereocenters. The van der Waals surface area contributed by atoms with E-state index < -0.39 is 32.5 Å². The molecule has 0 aliphatic rings. The molecule has 58 heavy (non-hydrogen) atoms. The first kappa shape index (κ1) is 54.7. The zero-order valence-corrected chi connectivity index (χ0v) is 37.3. The molecule has 8 nitrogen and oxygen atoms in total. The van der Waals surface area contributed by atoms with Gasteiger partial charge >= 0.3 is 19.8 Å². The number of hydrogen-bond acceptors (Lipinski definition) is 7. The highest BCUT2D eigenvalue weighted by atomic mass is 31.2. The largest absolute Gasteiger partial charge is 0.472 e. The van der Waals surface area contributed by atoms with E-state index in [1.54, 1.807) is 13.0 Å². The van der Waals surface area contributed by atoms with E-state index in [4.69, 9.17) is 18.5 Å². The van der Waals surface area contributed by atoms with Crippen molar-refractivity contribution in [1.82, 2.24) is 0 Å². The number of ether oxygens (including phenoxy) is 2. The summed E-state index contributed by atoms with van der Waals surface area (Å²) < 4.78 is 32.5. The third kappa shape index (κ3) is 42.3. The summed E-state index contributed by atoms with van der Waals surface area (Å²) >= 11 is 0. The van der Waals surface area contributed by atoms with E-state index in [9.17, 15) is 19.0 Å². The lowest BCUT2D eigenvalue weighted by molar-refractivity contribution is -0.160. The van der Waals surface area contributed by atoms with E-state index >= 15 is 0 Å². The van der Waals surface area contributed by atoms with Crippen LogP contribution in [0.3, 0.4) is 0 Å². The van der Waals surface area contributed by atoms with Gasteiger partial charge in [-0.3, -0.25) is 18.6 Å². The van der Waals surface area contributed by atoms with Gasteiger partial charge in [0.15, 0.2) is 6.10 Å². The van der Waals surface area contributed by atoms with Crippen LogP contribution < -0.4 is 0 Å². The second-order valence-electron chi connectivity index (χ2n) is 14.0. The van der Waals surface area contributed by atoms with Crippen LogP contribution in [0.4, 0.5) is 0 Å². The maximum Gasteiger partial charge on any atom is 0.472 e. The van der Waals surface area contributed by atoms with Gasteiger partial charge in [0.05, 0.1) is 19.6 Å². The fourth-order valence-corrected chi connectivity index (χ4v) is 6.22. The molecule has 0 heterocycles. The molecule has 0 bridgehead atoms. The van der Waals surface area contributed by atoms with Crippen LogP contribution >= 0.6 is 7.82 Å². The molecule has 0 aliphatic carbocycles. The summed E-state index contributed by atoms with van der Waals surface area (Å²) in [5.41, 5.74) is 0. The Morgan fingerprint density at radius 1 is 0.483 bits per heavy atom. The lowest BCUT2D eigenvalue weighted by Gasteiger charge is -2.19. The molecule has 0 rings (SSSR count). The Bertz CT molecular complexity index is 1300. The Kier molecular flexibility index (Phi) is 40.8. The second kappa shape index (κ2) is 43.3. The van der Waals surface area contributed by atoms with E-state index in [2.05, 4.69) is 105 Å². The van der Waals surface area contributed by atoms with Gasteiger partial charge in [0, 0.05) is 6.42 Å². The van der Waals surface area contributed by atoms with Crippen LogP contribution in [-0.4, -0.2) is 42.8 Å². The standard InChI is InChI=1S/C49H79O8P/c1-4-7-9-11-13-15-17-19-21-22-23-24-25-26-27-28-30-31-33-35-37-39-41-43-48(50)54-45-47(46-56-58(52,53)55-6-3)57-49(51)44-42-40-38-36-34-32-29-20-18-16-14-12-10-8-5-2/h7-10,13-16,19-21,23-24,29,34,36,40,42,47H,4-6,11-12,17-18,22,25-28,30-33,35,37-39,41,43-46H2,1-3H3,(H,52,53)/b9-7-,10-8-,15-13-,16-14-,21-19-,24-23-,29-20-,36-34-,42-40-. The van der Waals surface area contributed by atoms with Gasteiger partial charge in [-0.2, -0.15) is 0 Å². The number of carbonyl (C=O) groups excluding carboxylic acids is 2. The van der Waals surface area contributed by atoms with E-state index in [1.165, 1.54) is 38.5 Å². The highest BCUT2D eigenvalue weighted by Gasteiger charge is 2.25. The molecule has 0 saturated heterocycles. The van der Waals surface area contributed by atoms with E-state index in [-0.39, 0.29) is 26.1 Å². The van der Waals surface area contributed by atoms with E-state index in [1.807, 2.05) is 12.2 Å². The minimum absolute atomic E-state index is 0.00684. The van der Waals surface area contributed by atoms with Gasteiger partial charge in [0.1, 0.15) is 6.61 Å². The number of phosphoric acid groups is 1. The zero-order chi connectivity index (χ0) is 42.5. The van der Waals surface area contributed by atoms with Crippen LogP contribution in [-0.2, 0) is 32.7 Å². The highest BCUT2D eigenvalue weighted by molar-refractivity contribution is 7.47. The Morgan fingerprint density at radius 2 is 0.879 bits per heavy atom. The minimum Gasteiger partial charge on any atom is -0.462 e. The van der Waals surface area contributed by atoms with Gasteiger partial charge < -0.3 is 14.4 Å². The van der Waals surface area contributed by atoms with Crippen LogP contribution in [0.5, 0.6) is 0 Å². The van der Waals surface area contributed by atoms with Gasteiger partial charge in [-0.15, -0.1) is 0 Å². The predicted octanol–water partition coefficient (Wildman–Crippen LogP) is 14.2. The molecule has 2 atom stereocenters. The Morgan fingerprint density at radius 3 is 1.33 bits per heavy atom. The number of phosphoric ester groups is 1. The first-order valence-electron chi connectivity index (χ1n) is 22.2. The summed E-state index contributed by atoms with van der Waals surface area (Å²) in [5.74, 6) is -0.960. The summed E-state index contributed by atoms with van der Waals surface area (Å²) in [6, 6.07) is 0. The summed E-state index contributed by atoms with van der Waals surface area (Å²) in [5, 5.41) is 0. The number of allylic oxidation sites excluding steroid dienone is 17. The topological polar surface area (TPSA) is 108 Å². The Labute approximate surface area is 353 Å². The van der Waals surface area contributed by atoms with Gasteiger partial charge in [0.2, 0.25) is 0 Å². The van der Waals surface area contributed by atoms with E-state index in [0.29, 0.717) is 6.42 Å². The number of carbonyl (C=O) groups is 2. The van der Waals surface area contributed by atoms with Crippen molar-refractivity contribution in [2.45, 2.75) is 168 Å². The molecule has 0 aromatic carbocycles. The number of rotatable bonds is 39. The monoisotopic (exact) mass is 827 g/mol. The molecule has 0 amide bonds. The lowest BCUT2D eigenvalue weighted by atomic mass is 10.1. The summed E-state index contributed by atoms with van der Waals surface area (Å²) in [6.45, 7) is 5.11. The molecule has 0 aliphatic heterocycles. The molecule has 0 radical (unpaired) electrons. The molecule has 328 valence electrons. The van der Waals surface area contributed by atoms with Crippen LogP contribution in [0.2, 0.25) is 0 Å². The summed E-state index contributed by atoms with van der Waals surface area (Å²) in [6.07, 6.45) is 58.9. The van der Waals surface area contributed by atoms with Crippen molar-refractivity contribution in [3.05, 3.63) is 109 Å². The van der Waals surface area contributed by atoms with Crippen molar-refractivity contribution in [3.63, 3.8) is 0 Å². The van der Waals surface area contributed by atoms with Crippen LogP contribution in [0, 0.1) is 0 Å². The van der Waals surface area contributed by atoms with Gasteiger partial charge in [-0.1, -0.05) is 175 Å². The quantitative estimate of drug-likeness (QED) is 0.0282. The molecule has 0 fully saturated rings. The minimum atomic E-state index is -4.31. The number of unbranched alkanes of at least 4 members (excludes halogenated alkanes) is 10. The normalized spacial score (nSPS) is 14.3. The fourth-order valence-electron chi connectivity index (χ4n) is 5.46. The molecule has 0 spiro atoms. The van der Waals surface area contributed by atoms with Crippen molar-refractivity contribution >= 4 is 19.8 Å². The van der Waals surface area contributed by atoms with Gasteiger partial charge in [-0.25, -0.2) is 4.57 Å². The van der Waals surface area contributed by atoms with Gasteiger partial charge in [-0.05, 0) is 84.0 Å². The number of hydrogen-bond donors (Lipinski definition) is 1. The summed E-state index contributed by atoms with van der Waals surface area (Å²) in [7, 11) is -4.31. The average Bonchev–Trinajstić information content (AvgIpc) is 3.20. The fraction of sp³-hybridized carbons (Fsp3) is 0.592. The SMILES string of the molecule is CC/C=C\C/C=C\C/C=C\C/C=C\C/C=C\CC(=O)OC(COC(=O)CCCCCCCCCCCC/C=C\C/C=C\C/C=C\C/C=C\CC)COP(=O)(O)OCC. The number of esters is 2. The van der Waals surface area contributed by atoms with Gasteiger partial charge in [0.25, 0.3) is 0 Å². The van der Waals surface area contributed by atoms with Crippen molar-refractivity contribution < 1.29 is 37.6 Å². The first-order chi connectivity index (χ1) is 28.3. The maximum atomic E-state index is 12.5. The zero-order valence-electron chi connectivity index (χ0n) is 36.4. The van der Waals surface area contributed by atoms with Crippen LogP contribution in [0.15, 0.2) is 109 Å². The van der Waals surface area contributed by atoms with Crippen LogP contribution in [0.25, 0.3) is 0 Å². The predicted molar refractivity (Wildman–Crippen MR) is 243 cm³/mol. The molecule has 1 N–H and O–H groups in total. The van der Waals surface area contributed by atoms with Crippen molar-refractivity contribution in [3.8, 4) is 0 Å². The van der Waals surface area contributed by atoms with Crippen molar-refractivity contribution in [2.75, 3.05) is 19.8 Å². The first-order valence-corrected chi connectivity index (χ1v) is 23.7.